The minimum Gasteiger partial charge on any atom is -0.455 e. The second kappa shape index (κ2) is 8.45. The number of pyridine rings is 1. The molecule has 0 radical (unpaired) electrons. The molecule has 1 aliphatic rings. The summed E-state index contributed by atoms with van der Waals surface area (Å²) in [4.78, 5) is 31.9. The molecule has 1 N–H and O–H groups in total. The molecular formula is C22H21N3O3S. The number of hydrogen-bond acceptors (Lipinski definition) is 5. The van der Waals surface area contributed by atoms with Gasteiger partial charge >= 0.3 is 0 Å². The number of rotatable bonds is 5. The summed E-state index contributed by atoms with van der Waals surface area (Å²) in [6.45, 7) is 2.52. The number of nitrogens with one attached hydrogen (secondary N) is 1. The highest BCUT2D eigenvalue weighted by atomic mass is 32.1. The van der Waals surface area contributed by atoms with Gasteiger partial charge < -0.3 is 15.0 Å². The van der Waals surface area contributed by atoms with Gasteiger partial charge in [-0.05, 0) is 67.1 Å². The number of thiophene rings is 1. The molecule has 1 aliphatic heterocycles. The van der Waals surface area contributed by atoms with Crippen LogP contribution in [-0.4, -0.2) is 34.3 Å². The van der Waals surface area contributed by atoms with E-state index in [0.29, 0.717) is 35.0 Å². The van der Waals surface area contributed by atoms with Crippen LogP contribution < -0.4 is 10.1 Å². The van der Waals surface area contributed by atoms with Gasteiger partial charge in [0, 0.05) is 18.4 Å². The second-order valence-corrected chi connectivity index (χ2v) is 7.84. The molecule has 148 valence electrons. The summed E-state index contributed by atoms with van der Waals surface area (Å²) in [7, 11) is 0. The SMILES string of the molecule is Cc1cc(NC(=O)[C@@H]2CCCN2C(=O)c2cccs2)ccc1Oc1cccnc1. The predicted octanol–water partition coefficient (Wildman–Crippen LogP) is 4.49. The summed E-state index contributed by atoms with van der Waals surface area (Å²) in [5.74, 6) is 1.12. The highest BCUT2D eigenvalue weighted by Crippen LogP contribution is 2.28. The summed E-state index contributed by atoms with van der Waals surface area (Å²) in [6.07, 6.45) is 4.83. The first kappa shape index (κ1) is 19.1. The van der Waals surface area contributed by atoms with Crippen molar-refractivity contribution in [2.24, 2.45) is 0 Å². The van der Waals surface area contributed by atoms with Crippen molar-refractivity contribution in [3.63, 3.8) is 0 Å². The Labute approximate surface area is 173 Å². The third-order valence-corrected chi connectivity index (χ3v) is 5.71. The number of benzene rings is 1. The van der Waals surface area contributed by atoms with E-state index in [1.165, 1.54) is 11.3 Å². The zero-order valence-corrected chi connectivity index (χ0v) is 16.8. The summed E-state index contributed by atoms with van der Waals surface area (Å²) in [5.41, 5.74) is 1.58. The quantitative estimate of drug-likeness (QED) is 0.677. The molecule has 3 aromatic rings. The molecule has 2 aromatic heterocycles. The molecule has 1 aromatic carbocycles. The molecule has 3 heterocycles. The number of carbonyl (C=O) groups is 2. The van der Waals surface area contributed by atoms with E-state index in [-0.39, 0.29) is 11.8 Å². The monoisotopic (exact) mass is 407 g/mol. The van der Waals surface area contributed by atoms with E-state index < -0.39 is 6.04 Å². The zero-order valence-electron chi connectivity index (χ0n) is 16.0. The number of nitrogens with zero attached hydrogens (tertiary/aromatic N) is 2. The number of aromatic nitrogens is 1. The molecule has 29 heavy (non-hydrogen) atoms. The molecule has 1 fully saturated rings. The van der Waals surface area contributed by atoms with E-state index in [9.17, 15) is 9.59 Å². The largest absolute Gasteiger partial charge is 0.455 e. The molecule has 7 heteroatoms. The smallest absolute Gasteiger partial charge is 0.264 e. The van der Waals surface area contributed by atoms with Gasteiger partial charge in [-0.25, -0.2) is 0 Å². The summed E-state index contributed by atoms with van der Waals surface area (Å²) in [5, 5.41) is 4.82. The van der Waals surface area contributed by atoms with Crippen LogP contribution in [0.4, 0.5) is 5.69 Å². The van der Waals surface area contributed by atoms with Gasteiger partial charge in [0.1, 0.15) is 17.5 Å². The van der Waals surface area contributed by atoms with Crippen LogP contribution in [0.15, 0.2) is 60.2 Å². The van der Waals surface area contributed by atoms with Crippen molar-refractivity contribution in [3.8, 4) is 11.5 Å². The Morgan fingerprint density at radius 1 is 1.24 bits per heavy atom. The van der Waals surface area contributed by atoms with Gasteiger partial charge in [0.05, 0.1) is 11.1 Å². The van der Waals surface area contributed by atoms with Crippen molar-refractivity contribution in [2.75, 3.05) is 11.9 Å². The Bertz CT molecular complexity index is 1010. The fourth-order valence-electron chi connectivity index (χ4n) is 3.43. The van der Waals surface area contributed by atoms with E-state index in [2.05, 4.69) is 10.3 Å². The molecule has 0 saturated carbocycles. The summed E-state index contributed by atoms with van der Waals surface area (Å²) in [6, 6.07) is 12.3. The van der Waals surface area contributed by atoms with Gasteiger partial charge in [0.15, 0.2) is 0 Å². The number of anilines is 1. The lowest BCUT2D eigenvalue weighted by atomic mass is 10.1. The van der Waals surface area contributed by atoms with Crippen LogP contribution in [0.5, 0.6) is 11.5 Å². The number of amides is 2. The zero-order chi connectivity index (χ0) is 20.2. The first-order chi connectivity index (χ1) is 14.1. The first-order valence-corrected chi connectivity index (χ1v) is 10.3. The molecule has 2 amide bonds. The molecular weight excluding hydrogens is 386 g/mol. The molecule has 0 aliphatic carbocycles. The van der Waals surface area contributed by atoms with Crippen LogP contribution >= 0.6 is 11.3 Å². The predicted molar refractivity (Wildman–Crippen MR) is 112 cm³/mol. The fourth-order valence-corrected chi connectivity index (χ4v) is 4.10. The topological polar surface area (TPSA) is 71.5 Å². The highest BCUT2D eigenvalue weighted by Gasteiger charge is 2.34. The molecule has 0 spiro atoms. The number of hydrogen-bond donors (Lipinski definition) is 1. The minimum atomic E-state index is -0.448. The van der Waals surface area contributed by atoms with Crippen LogP contribution in [0.25, 0.3) is 0 Å². The molecule has 6 nitrogen and oxygen atoms in total. The Kier molecular flexibility index (Phi) is 5.57. The summed E-state index contributed by atoms with van der Waals surface area (Å²) < 4.78 is 5.83. The van der Waals surface area contributed by atoms with E-state index in [1.807, 2.05) is 42.6 Å². The van der Waals surface area contributed by atoms with Gasteiger partial charge in [-0.3, -0.25) is 14.6 Å². The normalized spacial score (nSPS) is 15.9. The fraction of sp³-hybridized carbons (Fsp3) is 0.227. The summed E-state index contributed by atoms with van der Waals surface area (Å²) >= 11 is 1.40. The Hall–Kier alpha value is -3.19. The average Bonchev–Trinajstić information content (AvgIpc) is 3.42. The van der Waals surface area contributed by atoms with E-state index in [0.717, 1.165) is 12.0 Å². The Morgan fingerprint density at radius 2 is 2.14 bits per heavy atom. The van der Waals surface area contributed by atoms with Crippen molar-refractivity contribution >= 4 is 28.8 Å². The molecule has 1 atom stereocenters. The Balaban J connectivity index is 1.44. The molecule has 0 unspecified atom stereocenters. The van der Waals surface area contributed by atoms with Crippen LogP contribution in [0, 0.1) is 6.92 Å². The van der Waals surface area contributed by atoms with Crippen molar-refractivity contribution < 1.29 is 14.3 Å². The lowest BCUT2D eigenvalue weighted by molar-refractivity contribution is -0.119. The third kappa shape index (κ3) is 4.30. The van der Waals surface area contributed by atoms with Gasteiger partial charge in [-0.1, -0.05) is 6.07 Å². The lowest BCUT2D eigenvalue weighted by Crippen LogP contribution is -2.42. The first-order valence-electron chi connectivity index (χ1n) is 9.46. The molecule has 0 bridgehead atoms. The Morgan fingerprint density at radius 3 is 2.86 bits per heavy atom. The third-order valence-electron chi connectivity index (χ3n) is 4.85. The number of carbonyl (C=O) groups excluding carboxylic acids is 2. The highest BCUT2D eigenvalue weighted by molar-refractivity contribution is 7.12. The van der Waals surface area contributed by atoms with Crippen LogP contribution in [0.1, 0.15) is 28.1 Å². The average molecular weight is 407 g/mol. The van der Waals surface area contributed by atoms with E-state index >= 15 is 0 Å². The van der Waals surface area contributed by atoms with Crippen molar-refractivity contribution in [1.29, 1.82) is 0 Å². The number of likely N-dealkylation sites (tertiary alicyclic amines) is 1. The minimum absolute atomic E-state index is 0.0750. The van der Waals surface area contributed by atoms with Crippen LogP contribution in [0.2, 0.25) is 0 Å². The standard InChI is InChI=1S/C22H21N3O3S/c1-15-13-16(8-9-19(15)28-17-5-2-10-23-14-17)24-21(26)18-6-3-11-25(18)22(27)20-7-4-12-29-20/h2,4-5,7-10,12-14,18H,3,6,11H2,1H3,(H,24,26)/t18-/m0/s1. The van der Waals surface area contributed by atoms with Gasteiger partial charge in [-0.2, -0.15) is 0 Å². The van der Waals surface area contributed by atoms with Crippen LogP contribution in [0.3, 0.4) is 0 Å². The maximum Gasteiger partial charge on any atom is 0.264 e. The number of ether oxygens (including phenoxy) is 1. The van der Waals surface area contributed by atoms with Gasteiger partial charge in [0.25, 0.3) is 5.91 Å². The van der Waals surface area contributed by atoms with Crippen molar-refractivity contribution in [2.45, 2.75) is 25.8 Å². The van der Waals surface area contributed by atoms with Crippen LogP contribution in [-0.2, 0) is 4.79 Å². The maximum absolute atomic E-state index is 12.8. The van der Waals surface area contributed by atoms with Crippen molar-refractivity contribution in [1.82, 2.24) is 9.88 Å². The van der Waals surface area contributed by atoms with E-state index in [4.69, 9.17) is 4.74 Å². The van der Waals surface area contributed by atoms with E-state index in [1.54, 1.807) is 29.4 Å². The van der Waals surface area contributed by atoms with Gasteiger partial charge in [0.2, 0.25) is 5.91 Å². The number of aryl methyl sites for hydroxylation is 1. The maximum atomic E-state index is 12.8. The van der Waals surface area contributed by atoms with Crippen molar-refractivity contribution in [3.05, 3.63) is 70.7 Å². The lowest BCUT2D eigenvalue weighted by Gasteiger charge is -2.23. The molecule has 4 rings (SSSR count). The second-order valence-electron chi connectivity index (χ2n) is 6.89. The molecule has 1 saturated heterocycles. The van der Waals surface area contributed by atoms with Gasteiger partial charge in [-0.15, -0.1) is 11.3 Å².